The summed E-state index contributed by atoms with van der Waals surface area (Å²) in [7, 11) is 0. The first-order valence-corrected chi connectivity index (χ1v) is 13.4. The average Bonchev–Trinajstić information content (AvgIpc) is 2.77. The summed E-state index contributed by atoms with van der Waals surface area (Å²) in [4.78, 5) is 31.0. The molecule has 7 unspecified atom stereocenters. The van der Waals surface area contributed by atoms with Crippen molar-refractivity contribution >= 4 is 11.6 Å². The number of ketones is 2. The van der Waals surface area contributed by atoms with Crippen molar-refractivity contribution in [3.8, 4) is 6.07 Å². The Morgan fingerprint density at radius 1 is 1.00 bits per heavy atom. The predicted molar refractivity (Wildman–Crippen MR) is 135 cm³/mol. The molecule has 5 rings (SSSR count). The van der Waals surface area contributed by atoms with Crippen molar-refractivity contribution in [2.45, 2.75) is 93.4 Å². The predicted octanol–water partition coefficient (Wildman–Crippen LogP) is 7.08. The quantitative estimate of drug-likeness (QED) is 0.354. The monoisotopic (exact) mass is 472 g/mol. The van der Waals surface area contributed by atoms with Crippen LogP contribution in [0.25, 0.3) is 4.85 Å². The number of fused-ring (bicyclic) bond motifs is 7. The van der Waals surface area contributed by atoms with Crippen molar-refractivity contribution in [1.82, 2.24) is 0 Å². The lowest BCUT2D eigenvalue weighted by Crippen LogP contribution is -2.64. The van der Waals surface area contributed by atoms with E-state index in [4.69, 9.17) is 6.57 Å². The van der Waals surface area contributed by atoms with Crippen LogP contribution < -0.4 is 0 Å². The second-order valence-electron chi connectivity index (χ2n) is 14.5. The van der Waals surface area contributed by atoms with E-state index in [1.165, 1.54) is 0 Å². The van der Waals surface area contributed by atoms with Gasteiger partial charge in [0.05, 0.1) is 18.1 Å². The first kappa shape index (κ1) is 24.5. The highest BCUT2D eigenvalue weighted by Crippen LogP contribution is 2.74. The molecular weight excluding hydrogens is 432 g/mol. The zero-order valence-electron chi connectivity index (χ0n) is 22.5. The summed E-state index contributed by atoms with van der Waals surface area (Å²) >= 11 is 0. The zero-order chi connectivity index (χ0) is 25.8. The number of hydrogen-bond donors (Lipinski definition) is 0. The molecule has 0 amide bonds. The standard InChI is InChI=1S/C31H40N2O2/c1-26(2)11-13-31(18-32)14-12-30(7)24(19(31)16-26)21(34)15-23-28(5)17-20(33-8)25(35)27(3,4)22(28)9-10-29(23,30)6/h15,17,19,22,24H,9-14,16H2,1-7H3. The van der Waals surface area contributed by atoms with Crippen LogP contribution in [0.15, 0.2) is 23.4 Å². The first-order valence-electron chi connectivity index (χ1n) is 13.4. The lowest BCUT2D eigenvalue weighted by atomic mass is 9.34. The molecule has 3 fully saturated rings. The Morgan fingerprint density at radius 3 is 2.29 bits per heavy atom. The van der Waals surface area contributed by atoms with Gasteiger partial charge in [-0.1, -0.05) is 60.1 Å². The number of carbonyl (C=O) groups excluding carboxylic acids is 2. The lowest BCUT2D eigenvalue weighted by molar-refractivity contribution is -0.162. The maximum atomic E-state index is 14.2. The van der Waals surface area contributed by atoms with Crippen molar-refractivity contribution in [1.29, 1.82) is 5.26 Å². The number of carbonyl (C=O) groups is 2. The number of hydrogen-bond acceptors (Lipinski definition) is 3. The van der Waals surface area contributed by atoms with E-state index in [2.05, 4.69) is 45.5 Å². The van der Waals surface area contributed by atoms with Crippen molar-refractivity contribution in [2.24, 2.45) is 50.2 Å². The topological polar surface area (TPSA) is 62.3 Å². The largest absolute Gasteiger partial charge is 0.307 e. The number of allylic oxidation sites excluding steroid dienone is 4. The summed E-state index contributed by atoms with van der Waals surface area (Å²) in [5, 5.41) is 10.4. The third-order valence-corrected chi connectivity index (χ3v) is 12.1. The van der Waals surface area contributed by atoms with E-state index < -0.39 is 16.2 Å². The van der Waals surface area contributed by atoms with Crippen molar-refractivity contribution in [3.63, 3.8) is 0 Å². The highest BCUT2D eigenvalue weighted by atomic mass is 16.1. The molecule has 3 saturated carbocycles. The normalized spacial score (nSPS) is 47.5. The molecule has 0 saturated heterocycles. The fourth-order valence-corrected chi connectivity index (χ4v) is 9.79. The van der Waals surface area contributed by atoms with Crippen LogP contribution in [0.5, 0.6) is 0 Å². The minimum absolute atomic E-state index is 0.0636. The van der Waals surface area contributed by atoms with Crippen molar-refractivity contribution in [2.75, 3.05) is 0 Å². The maximum absolute atomic E-state index is 14.2. The smallest absolute Gasteiger partial charge is 0.226 e. The van der Waals surface area contributed by atoms with Crippen molar-refractivity contribution in [3.05, 3.63) is 34.8 Å². The Hall–Kier alpha value is -2.20. The molecule has 5 aliphatic rings. The molecule has 35 heavy (non-hydrogen) atoms. The Kier molecular flexibility index (Phi) is 4.88. The van der Waals surface area contributed by atoms with Gasteiger partial charge in [0.2, 0.25) is 5.70 Å². The Morgan fingerprint density at radius 2 is 1.66 bits per heavy atom. The summed E-state index contributed by atoms with van der Waals surface area (Å²) in [5.74, 6) is 0.117. The number of nitriles is 1. The molecule has 0 bridgehead atoms. The van der Waals surface area contributed by atoms with Crippen LogP contribution in [0.1, 0.15) is 93.4 Å². The first-order chi connectivity index (χ1) is 16.1. The van der Waals surface area contributed by atoms with Gasteiger partial charge < -0.3 is 4.79 Å². The Bertz CT molecular complexity index is 1180. The van der Waals surface area contributed by atoms with Crippen molar-refractivity contribution < 1.29 is 9.59 Å². The van der Waals surface area contributed by atoms with Gasteiger partial charge in [-0.25, -0.2) is 4.85 Å². The van der Waals surface area contributed by atoms with Crippen LogP contribution in [0.3, 0.4) is 0 Å². The van der Waals surface area contributed by atoms with Gasteiger partial charge in [-0.15, -0.1) is 0 Å². The number of Topliss-reactive ketones (excluding diaryl/α,β-unsaturated/α-hetero) is 1. The van der Waals surface area contributed by atoms with Gasteiger partial charge in [-0.3, -0.25) is 4.79 Å². The Balaban J connectivity index is 1.70. The SMILES string of the molecule is [C-]#[N+]C1=CC2(C)C3=CC(=O)C4C5CC(C)(C)CCC5(C#N)CCC4(C)C3(C)CCC2C(C)(C)C1=O. The van der Waals surface area contributed by atoms with E-state index in [0.717, 1.165) is 50.5 Å². The number of nitrogens with zero attached hydrogens (tertiary/aromatic N) is 2. The minimum Gasteiger partial charge on any atom is -0.307 e. The highest BCUT2D eigenvalue weighted by Gasteiger charge is 2.69. The van der Waals surface area contributed by atoms with E-state index >= 15 is 0 Å². The second kappa shape index (κ2) is 6.97. The van der Waals surface area contributed by atoms with Gasteiger partial charge in [0.15, 0.2) is 11.6 Å². The van der Waals surface area contributed by atoms with E-state index in [9.17, 15) is 14.9 Å². The van der Waals surface area contributed by atoms with Gasteiger partial charge >= 0.3 is 0 Å². The molecule has 0 radical (unpaired) electrons. The second-order valence-corrected chi connectivity index (χ2v) is 14.5. The third kappa shape index (κ3) is 2.84. The van der Waals surface area contributed by atoms with Crippen LogP contribution in [0.4, 0.5) is 0 Å². The minimum atomic E-state index is -0.637. The third-order valence-electron chi connectivity index (χ3n) is 12.1. The summed E-state index contributed by atoms with van der Waals surface area (Å²) in [5.41, 5.74) is -0.483. The van der Waals surface area contributed by atoms with Crippen LogP contribution in [-0.4, -0.2) is 11.6 Å². The molecule has 186 valence electrons. The van der Waals surface area contributed by atoms with Crippen LogP contribution in [0, 0.1) is 68.1 Å². The van der Waals surface area contributed by atoms with Crippen LogP contribution in [0.2, 0.25) is 0 Å². The molecule has 4 nitrogen and oxygen atoms in total. The fraction of sp³-hybridized carbons (Fsp3) is 0.742. The molecule has 0 aliphatic heterocycles. The molecule has 5 aliphatic carbocycles. The molecule has 7 atom stereocenters. The van der Waals surface area contributed by atoms with E-state index in [-0.39, 0.29) is 51.3 Å². The Labute approximate surface area is 211 Å². The molecule has 0 heterocycles. The number of rotatable bonds is 0. The van der Waals surface area contributed by atoms with E-state index in [1.807, 2.05) is 26.0 Å². The van der Waals surface area contributed by atoms with E-state index in [0.29, 0.717) is 0 Å². The van der Waals surface area contributed by atoms with Gasteiger partial charge in [-0.05, 0) is 79.1 Å². The zero-order valence-corrected chi connectivity index (χ0v) is 22.5. The maximum Gasteiger partial charge on any atom is 0.226 e. The van der Waals surface area contributed by atoms with Gasteiger partial charge in [-0.2, -0.15) is 5.26 Å². The lowest BCUT2D eigenvalue weighted by Gasteiger charge is -2.68. The van der Waals surface area contributed by atoms with E-state index in [1.54, 1.807) is 0 Å². The summed E-state index contributed by atoms with van der Waals surface area (Å²) in [6.07, 6.45) is 10.3. The van der Waals surface area contributed by atoms with Gasteiger partial charge in [0.25, 0.3) is 0 Å². The summed E-state index contributed by atoms with van der Waals surface area (Å²) in [6, 6.07) is 2.74. The van der Waals surface area contributed by atoms with Gasteiger partial charge in [0.1, 0.15) is 0 Å². The molecule has 0 aromatic heterocycles. The molecule has 0 aromatic carbocycles. The summed E-state index contributed by atoms with van der Waals surface area (Å²) in [6.45, 7) is 23.1. The molecule has 4 heteroatoms. The van der Waals surface area contributed by atoms with Crippen LogP contribution >= 0.6 is 0 Å². The van der Waals surface area contributed by atoms with Crippen LogP contribution in [-0.2, 0) is 9.59 Å². The fourth-order valence-electron chi connectivity index (χ4n) is 9.79. The highest BCUT2D eigenvalue weighted by molar-refractivity contribution is 6.03. The molecule has 0 aromatic rings. The molecule has 0 spiro atoms. The molecule has 0 N–H and O–H groups in total. The molecular formula is C31H40N2O2. The summed E-state index contributed by atoms with van der Waals surface area (Å²) < 4.78 is 0. The average molecular weight is 473 g/mol. The van der Waals surface area contributed by atoms with Gasteiger partial charge in [0, 0.05) is 16.7 Å².